The molecule has 9 nitrogen and oxygen atoms in total. The van der Waals surface area contributed by atoms with Gasteiger partial charge in [0.2, 0.25) is 17.7 Å². The number of nitrogens with zero attached hydrogens (tertiary/aromatic N) is 3. The molecule has 36 heavy (non-hydrogen) atoms. The third-order valence-corrected chi connectivity index (χ3v) is 5.86. The lowest BCUT2D eigenvalue weighted by Crippen LogP contribution is -2.35. The number of likely N-dealkylation sites (tertiary alicyclic amines) is 1. The van der Waals surface area contributed by atoms with Crippen molar-refractivity contribution >= 4 is 34.8 Å². The first-order valence-corrected chi connectivity index (χ1v) is 11.9. The first-order chi connectivity index (χ1) is 17.4. The molecule has 2 aromatic carbocycles. The van der Waals surface area contributed by atoms with Crippen molar-refractivity contribution in [2.75, 3.05) is 37.9 Å². The molecule has 3 aromatic rings. The van der Waals surface area contributed by atoms with E-state index in [9.17, 15) is 4.79 Å². The summed E-state index contributed by atoms with van der Waals surface area (Å²) >= 11 is 6.27. The van der Waals surface area contributed by atoms with E-state index in [0.717, 1.165) is 31.7 Å². The zero-order chi connectivity index (χ0) is 25.5. The van der Waals surface area contributed by atoms with E-state index in [2.05, 4.69) is 39.1 Å². The minimum atomic E-state index is -0.324. The number of piperidine rings is 1. The molecule has 0 spiro atoms. The van der Waals surface area contributed by atoms with Crippen molar-refractivity contribution in [3.63, 3.8) is 0 Å². The van der Waals surface area contributed by atoms with E-state index in [-0.39, 0.29) is 28.9 Å². The smallest absolute Gasteiger partial charge is 0.247 e. The number of amides is 1. The Labute approximate surface area is 215 Å². The minimum absolute atomic E-state index is 0.155. The molecule has 2 N–H and O–H groups in total. The summed E-state index contributed by atoms with van der Waals surface area (Å²) in [6.45, 7) is 5.49. The van der Waals surface area contributed by atoms with E-state index in [1.807, 2.05) is 18.2 Å². The van der Waals surface area contributed by atoms with E-state index in [1.54, 1.807) is 31.4 Å². The van der Waals surface area contributed by atoms with Gasteiger partial charge in [0.05, 0.1) is 19.0 Å². The van der Waals surface area contributed by atoms with Crippen molar-refractivity contribution in [1.82, 2.24) is 14.9 Å². The molecule has 1 aliphatic rings. The van der Waals surface area contributed by atoms with Crippen molar-refractivity contribution in [2.24, 2.45) is 0 Å². The number of hydrogen-bond donors (Lipinski definition) is 2. The van der Waals surface area contributed by atoms with E-state index in [1.165, 1.54) is 12.3 Å². The lowest BCUT2D eigenvalue weighted by Gasteiger charge is -2.29. The second-order valence-electron chi connectivity index (χ2n) is 8.28. The van der Waals surface area contributed by atoms with Gasteiger partial charge in [0.25, 0.3) is 0 Å². The Balaban J connectivity index is 1.47. The molecule has 1 aliphatic heterocycles. The van der Waals surface area contributed by atoms with Crippen LogP contribution in [0.15, 0.2) is 61.3 Å². The number of ether oxygens (including phenoxy) is 3. The Morgan fingerprint density at radius 3 is 2.75 bits per heavy atom. The molecule has 0 radical (unpaired) electrons. The van der Waals surface area contributed by atoms with E-state index in [4.69, 9.17) is 25.8 Å². The van der Waals surface area contributed by atoms with Crippen LogP contribution in [0.4, 0.5) is 17.3 Å². The maximum atomic E-state index is 11.6. The number of anilines is 3. The summed E-state index contributed by atoms with van der Waals surface area (Å²) < 4.78 is 17.6. The minimum Gasteiger partial charge on any atom is -0.494 e. The highest BCUT2D eigenvalue weighted by molar-refractivity contribution is 6.31. The molecule has 1 fully saturated rings. The summed E-state index contributed by atoms with van der Waals surface area (Å²) in [7, 11) is 3.71. The zero-order valence-electron chi connectivity index (χ0n) is 20.2. The van der Waals surface area contributed by atoms with Crippen molar-refractivity contribution in [3.05, 3.63) is 66.3 Å². The third-order valence-electron chi connectivity index (χ3n) is 5.60. The lowest BCUT2D eigenvalue weighted by atomic mass is 10.1. The third kappa shape index (κ3) is 6.65. The number of benzene rings is 2. The Kier molecular flexibility index (Phi) is 8.24. The van der Waals surface area contributed by atoms with Crippen LogP contribution < -0.4 is 24.8 Å². The van der Waals surface area contributed by atoms with Crippen LogP contribution in [0.3, 0.4) is 0 Å². The fraction of sp³-hybridized carbons (Fsp3) is 0.269. The number of carbonyl (C=O) groups is 1. The summed E-state index contributed by atoms with van der Waals surface area (Å²) in [5.74, 6) is 1.88. The highest BCUT2D eigenvalue weighted by Gasteiger charge is 2.19. The molecule has 188 valence electrons. The van der Waals surface area contributed by atoms with Crippen LogP contribution in [0.1, 0.15) is 12.8 Å². The van der Waals surface area contributed by atoms with Gasteiger partial charge >= 0.3 is 0 Å². The van der Waals surface area contributed by atoms with Crippen LogP contribution in [0.5, 0.6) is 23.1 Å². The predicted octanol–water partition coefficient (Wildman–Crippen LogP) is 5.27. The van der Waals surface area contributed by atoms with Crippen LogP contribution >= 0.6 is 11.6 Å². The number of aromatic nitrogens is 2. The molecule has 0 atom stereocenters. The monoisotopic (exact) mass is 509 g/mol. The van der Waals surface area contributed by atoms with Crippen molar-refractivity contribution in [1.29, 1.82) is 0 Å². The SMILES string of the molecule is C=CC(=O)Nc1cccc(Oc2nc(Nc3ccc(OC4CCN(C)CC4)cc3OC)ncc2Cl)c1. The molecule has 4 rings (SSSR count). The predicted molar refractivity (Wildman–Crippen MR) is 140 cm³/mol. The topological polar surface area (TPSA) is 97.8 Å². The normalized spacial score (nSPS) is 14.1. The summed E-state index contributed by atoms with van der Waals surface area (Å²) in [6.07, 6.45) is 4.80. The fourth-order valence-corrected chi connectivity index (χ4v) is 3.82. The van der Waals surface area contributed by atoms with Gasteiger partial charge in [-0.2, -0.15) is 4.98 Å². The Bertz CT molecular complexity index is 1230. The lowest BCUT2D eigenvalue weighted by molar-refractivity contribution is -0.111. The first kappa shape index (κ1) is 25.3. The molecule has 1 amide bonds. The molecule has 10 heteroatoms. The number of methoxy groups -OCH3 is 1. The van der Waals surface area contributed by atoms with Gasteiger partial charge in [0, 0.05) is 30.9 Å². The number of hydrogen-bond acceptors (Lipinski definition) is 8. The molecule has 2 heterocycles. The van der Waals surface area contributed by atoms with Gasteiger partial charge in [-0.05, 0) is 50.2 Å². The largest absolute Gasteiger partial charge is 0.494 e. The van der Waals surface area contributed by atoms with E-state index >= 15 is 0 Å². The molecule has 0 unspecified atom stereocenters. The molecule has 0 aliphatic carbocycles. The second kappa shape index (κ2) is 11.7. The fourth-order valence-electron chi connectivity index (χ4n) is 3.69. The van der Waals surface area contributed by atoms with Crippen LogP contribution in [0.2, 0.25) is 5.02 Å². The van der Waals surface area contributed by atoms with Crippen molar-refractivity contribution in [2.45, 2.75) is 18.9 Å². The number of nitrogens with one attached hydrogen (secondary N) is 2. The highest BCUT2D eigenvalue weighted by atomic mass is 35.5. The first-order valence-electron chi connectivity index (χ1n) is 11.5. The average Bonchev–Trinajstić information content (AvgIpc) is 2.88. The molecular weight excluding hydrogens is 482 g/mol. The number of carbonyl (C=O) groups excluding carboxylic acids is 1. The van der Waals surface area contributed by atoms with Crippen LogP contribution in [-0.2, 0) is 4.79 Å². The average molecular weight is 510 g/mol. The number of halogens is 1. The zero-order valence-corrected chi connectivity index (χ0v) is 20.9. The number of rotatable bonds is 9. The standard InChI is InChI=1S/C26H28ClN5O4/c1-4-24(33)29-17-6-5-7-19(14-17)36-25-21(27)16-28-26(31-25)30-22-9-8-20(15-23(22)34-3)35-18-10-12-32(2)13-11-18/h4-9,14-16,18H,1,10-13H2,2-3H3,(H,29,33)(H,28,30,31). The molecule has 0 saturated carbocycles. The highest BCUT2D eigenvalue weighted by Crippen LogP contribution is 2.34. The Morgan fingerprint density at radius 1 is 1.19 bits per heavy atom. The van der Waals surface area contributed by atoms with Gasteiger partial charge in [-0.3, -0.25) is 4.79 Å². The van der Waals surface area contributed by atoms with E-state index < -0.39 is 0 Å². The maximum Gasteiger partial charge on any atom is 0.247 e. The van der Waals surface area contributed by atoms with Crippen molar-refractivity contribution in [3.8, 4) is 23.1 Å². The molecule has 0 bridgehead atoms. The van der Waals surface area contributed by atoms with Crippen LogP contribution in [0.25, 0.3) is 0 Å². The summed E-state index contributed by atoms with van der Waals surface area (Å²) in [5.41, 5.74) is 1.21. The van der Waals surface area contributed by atoms with Gasteiger partial charge < -0.3 is 29.7 Å². The maximum absolute atomic E-state index is 11.6. The van der Waals surface area contributed by atoms with Crippen molar-refractivity contribution < 1.29 is 19.0 Å². The quantitative estimate of drug-likeness (QED) is 0.376. The van der Waals surface area contributed by atoms with Gasteiger partial charge in [0.1, 0.15) is 28.4 Å². The summed E-state index contributed by atoms with van der Waals surface area (Å²) in [5, 5.41) is 6.05. The molecule has 1 aromatic heterocycles. The summed E-state index contributed by atoms with van der Waals surface area (Å²) in [4.78, 5) is 22.5. The Morgan fingerprint density at radius 2 is 2.00 bits per heavy atom. The van der Waals surface area contributed by atoms with Gasteiger partial charge in [-0.15, -0.1) is 0 Å². The van der Waals surface area contributed by atoms with Crippen LogP contribution in [-0.4, -0.2) is 54.1 Å². The molecular formula is C26H28ClN5O4. The van der Waals surface area contributed by atoms with Crippen LogP contribution in [0, 0.1) is 0 Å². The second-order valence-corrected chi connectivity index (χ2v) is 8.68. The molecule has 1 saturated heterocycles. The van der Waals surface area contributed by atoms with Gasteiger partial charge in [-0.1, -0.05) is 24.2 Å². The summed E-state index contributed by atoms with van der Waals surface area (Å²) in [6, 6.07) is 12.4. The van der Waals surface area contributed by atoms with Gasteiger partial charge in [0.15, 0.2) is 0 Å². The Hall–Kier alpha value is -3.82. The van der Waals surface area contributed by atoms with E-state index in [0.29, 0.717) is 22.9 Å². The van der Waals surface area contributed by atoms with Gasteiger partial charge in [-0.25, -0.2) is 4.98 Å².